The number of halogens is 1. The number of anilines is 2. The van der Waals surface area contributed by atoms with Gasteiger partial charge in [-0.1, -0.05) is 43.1 Å². The van der Waals surface area contributed by atoms with Crippen LogP contribution in [0, 0.1) is 0 Å². The van der Waals surface area contributed by atoms with Gasteiger partial charge in [-0.15, -0.1) is 0 Å². The van der Waals surface area contributed by atoms with E-state index in [4.69, 9.17) is 21.1 Å². The van der Waals surface area contributed by atoms with E-state index in [0.29, 0.717) is 35.9 Å². The zero-order chi connectivity index (χ0) is 22.4. The van der Waals surface area contributed by atoms with Crippen molar-refractivity contribution in [3.63, 3.8) is 0 Å². The number of unbranched alkanes of at least 4 members (excludes halogenated alkanes) is 1. The van der Waals surface area contributed by atoms with Crippen LogP contribution in [0.1, 0.15) is 37.0 Å². The number of benzene rings is 2. The Morgan fingerprint density at radius 1 is 1.06 bits per heavy atom. The first kappa shape index (κ1) is 22.4. The molecule has 1 aliphatic rings. The Hall–Kier alpha value is -3.32. The Morgan fingerprint density at radius 2 is 1.84 bits per heavy atom. The van der Waals surface area contributed by atoms with Gasteiger partial charge in [0.05, 0.1) is 24.5 Å². The predicted octanol–water partition coefficient (Wildman–Crippen LogP) is 4.48. The van der Waals surface area contributed by atoms with Crippen molar-refractivity contribution in [2.75, 3.05) is 23.4 Å². The van der Waals surface area contributed by atoms with E-state index >= 15 is 0 Å². The molecule has 0 aromatic heterocycles. The third kappa shape index (κ3) is 4.88. The summed E-state index contributed by atoms with van der Waals surface area (Å²) in [6.07, 6.45) is 1.70. The van der Waals surface area contributed by atoms with Crippen LogP contribution in [-0.2, 0) is 14.3 Å². The molecule has 162 valence electrons. The standard InChI is InChI=1S/C23H23ClN2O5/c1-3-5-13-31-23(29)15-9-8-10-16(14-15)25-20-19(24)21(27)26(22(20)28)17-11-6-7-12-18(17)30-4-2/h6-12,14,25H,3-5,13H2,1-2H3. The maximum Gasteiger partial charge on any atom is 0.338 e. The van der Waals surface area contributed by atoms with Crippen molar-refractivity contribution in [1.29, 1.82) is 0 Å². The Balaban J connectivity index is 1.82. The fourth-order valence-electron chi connectivity index (χ4n) is 3.01. The Labute approximate surface area is 185 Å². The van der Waals surface area contributed by atoms with Gasteiger partial charge in [-0.25, -0.2) is 9.69 Å². The molecule has 2 amide bonds. The van der Waals surface area contributed by atoms with E-state index in [1.54, 1.807) is 48.5 Å². The van der Waals surface area contributed by atoms with Gasteiger partial charge in [-0.05, 0) is 43.7 Å². The van der Waals surface area contributed by atoms with Gasteiger partial charge in [0, 0.05) is 5.69 Å². The van der Waals surface area contributed by atoms with E-state index in [1.807, 2.05) is 13.8 Å². The normalized spacial score (nSPS) is 13.6. The van der Waals surface area contributed by atoms with E-state index in [-0.39, 0.29) is 10.7 Å². The number of esters is 1. The number of hydrogen-bond acceptors (Lipinski definition) is 6. The zero-order valence-corrected chi connectivity index (χ0v) is 18.1. The van der Waals surface area contributed by atoms with Gasteiger partial charge >= 0.3 is 5.97 Å². The fraction of sp³-hybridized carbons (Fsp3) is 0.261. The van der Waals surface area contributed by atoms with Gasteiger partial charge in [0.25, 0.3) is 11.8 Å². The molecule has 2 aromatic rings. The molecule has 1 aliphatic heterocycles. The monoisotopic (exact) mass is 442 g/mol. The van der Waals surface area contributed by atoms with Crippen LogP contribution in [0.2, 0.25) is 0 Å². The molecule has 0 radical (unpaired) electrons. The number of nitrogens with zero attached hydrogens (tertiary/aromatic N) is 1. The number of carbonyl (C=O) groups excluding carboxylic acids is 3. The second kappa shape index (κ2) is 10.1. The Bertz CT molecular complexity index is 1030. The topological polar surface area (TPSA) is 84.9 Å². The van der Waals surface area contributed by atoms with Gasteiger partial charge in [0.1, 0.15) is 16.5 Å². The number of nitrogens with one attached hydrogen (secondary N) is 1. The fourth-order valence-corrected chi connectivity index (χ4v) is 3.22. The summed E-state index contributed by atoms with van der Waals surface area (Å²) in [4.78, 5) is 38.9. The molecule has 2 aromatic carbocycles. The maximum absolute atomic E-state index is 13.0. The lowest BCUT2D eigenvalue weighted by atomic mass is 10.2. The average Bonchev–Trinajstić information content (AvgIpc) is 2.98. The van der Waals surface area contributed by atoms with Crippen LogP contribution in [0.3, 0.4) is 0 Å². The molecular formula is C23H23ClN2O5. The van der Waals surface area contributed by atoms with Crippen molar-refractivity contribution in [2.45, 2.75) is 26.7 Å². The SMILES string of the molecule is CCCCOC(=O)c1cccc(NC2=C(Cl)C(=O)N(c3ccccc3OCC)C2=O)c1. The van der Waals surface area contributed by atoms with E-state index in [2.05, 4.69) is 5.32 Å². The van der Waals surface area contributed by atoms with Crippen LogP contribution in [0.4, 0.5) is 11.4 Å². The first-order valence-electron chi connectivity index (χ1n) is 10.0. The van der Waals surface area contributed by atoms with Crippen LogP contribution in [-0.4, -0.2) is 31.0 Å². The van der Waals surface area contributed by atoms with Crippen LogP contribution in [0.15, 0.2) is 59.3 Å². The Kier molecular flexibility index (Phi) is 7.31. The van der Waals surface area contributed by atoms with E-state index < -0.39 is 17.8 Å². The molecule has 0 aliphatic carbocycles. The highest BCUT2D eigenvalue weighted by Gasteiger charge is 2.40. The van der Waals surface area contributed by atoms with Crippen molar-refractivity contribution >= 4 is 40.8 Å². The van der Waals surface area contributed by atoms with Crippen molar-refractivity contribution in [3.8, 4) is 5.75 Å². The second-order valence-electron chi connectivity index (χ2n) is 6.73. The third-order valence-corrected chi connectivity index (χ3v) is 4.88. The number of ether oxygens (including phenoxy) is 2. The largest absolute Gasteiger partial charge is 0.492 e. The molecule has 0 bridgehead atoms. The van der Waals surface area contributed by atoms with Gasteiger partial charge < -0.3 is 14.8 Å². The highest BCUT2D eigenvalue weighted by atomic mass is 35.5. The summed E-state index contributed by atoms with van der Waals surface area (Å²) in [6, 6.07) is 13.2. The molecule has 0 atom stereocenters. The van der Waals surface area contributed by atoms with Gasteiger partial charge in [-0.3, -0.25) is 9.59 Å². The molecule has 8 heteroatoms. The van der Waals surface area contributed by atoms with Gasteiger partial charge in [-0.2, -0.15) is 0 Å². The minimum atomic E-state index is -0.656. The molecule has 3 rings (SSSR count). The van der Waals surface area contributed by atoms with Crippen molar-refractivity contribution < 1.29 is 23.9 Å². The van der Waals surface area contributed by atoms with Crippen molar-refractivity contribution in [3.05, 3.63) is 64.8 Å². The number of hydrogen-bond donors (Lipinski definition) is 1. The molecular weight excluding hydrogens is 420 g/mol. The van der Waals surface area contributed by atoms with Gasteiger partial charge in [0.2, 0.25) is 0 Å². The molecule has 0 saturated carbocycles. The van der Waals surface area contributed by atoms with E-state index in [9.17, 15) is 14.4 Å². The number of para-hydroxylation sites is 2. The second-order valence-corrected chi connectivity index (χ2v) is 7.11. The number of amides is 2. The quantitative estimate of drug-likeness (QED) is 0.350. The lowest BCUT2D eigenvalue weighted by molar-refractivity contribution is -0.120. The third-order valence-electron chi connectivity index (χ3n) is 4.53. The molecule has 0 unspecified atom stereocenters. The van der Waals surface area contributed by atoms with Gasteiger partial charge in [0.15, 0.2) is 0 Å². The molecule has 1 N–H and O–H groups in total. The van der Waals surface area contributed by atoms with Crippen LogP contribution in [0.25, 0.3) is 0 Å². The lowest BCUT2D eigenvalue weighted by Crippen LogP contribution is -2.32. The number of imide groups is 1. The van der Waals surface area contributed by atoms with E-state index in [0.717, 1.165) is 17.7 Å². The molecule has 0 fully saturated rings. The summed E-state index contributed by atoms with van der Waals surface area (Å²) in [7, 11) is 0. The summed E-state index contributed by atoms with van der Waals surface area (Å²) in [5.41, 5.74) is 0.990. The van der Waals surface area contributed by atoms with Crippen molar-refractivity contribution in [2.24, 2.45) is 0 Å². The Morgan fingerprint density at radius 3 is 2.58 bits per heavy atom. The molecule has 1 heterocycles. The molecule has 7 nitrogen and oxygen atoms in total. The molecule has 31 heavy (non-hydrogen) atoms. The first-order valence-corrected chi connectivity index (χ1v) is 10.4. The van der Waals surface area contributed by atoms with Crippen LogP contribution >= 0.6 is 11.6 Å². The zero-order valence-electron chi connectivity index (χ0n) is 17.3. The lowest BCUT2D eigenvalue weighted by Gasteiger charge is -2.18. The molecule has 0 saturated heterocycles. The number of carbonyl (C=O) groups is 3. The average molecular weight is 443 g/mol. The summed E-state index contributed by atoms with van der Waals surface area (Å²) < 4.78 is 10.8. The summed E-state index contributed by atoms with van der Waals surface area (Å²) in [6.45, 7) is 4.53. The highest BCUT2D eigenvalue weighted by molar-refractivity contribution is 6.53. The summed E-state index contributed by atoms with van der Waals surface area (Å²) in [5.74, 6) is -1.33. The van der Waals surface area contributed by atoms with Crippen LogP contribution < -0.4 is 15.0 Å². The maximum atomic E-state index is 13.0. The minimum absolute atomic E-state index is 0.0746. The van der Waals surface area contributed by atoms with E-state index in [1.165, 1.54) is 0 Å². The number of rotatable bonds is 9. The highest BCUT2D eigenvalue weighted by Crippen LogP contribution is 2.35. The minimum Gasteiger partial charge on any atom is -0.492 e. The van der Waals surface area contributed by atoms with Crippen LogP contribution in [0.5, 0.6) is 5.75 Å². The smallest absolute Gasteiger partial charge is 0.338 e. The first-order chi connectivity index (χ1) is 15.0. The predicted molar refractivity (Wildman–Crippen MR) is 118 cm³/mol. The molecule has 0 spiro atoms. The van der Waals surface area contributed by atoms with Crippen molar-refractivity contribution in [1.82, 2.24) is 0 Å². The summed E-state index contributed by atoms with van der Waals surface area (Å²) >= 11 is 6.21. The summed E-state index contributed by atoms with van der Waals surface area (Å²) in [5, 5.41) is 2.63.